The molecule has 0 bridgehead atoms. The summed E-state index contributed by atoms with van der Waals surface area (Å²) in [5, 5.41) is 5.49. The second kappa shape index (κ2) is 9.54. The lowest BCUT2D eigenvalue weighted by molar-refractivity contribution is -0.133. The number of hydrogen-bond donors (Lipinski definition) is 2. The number of carbonyl (C=O) groups is 4. The van der Waals surface area contributed by atoms with Gasteiger partial charge in [0.1, 0.15) is 18.4 Å². The van der Waals surface area contributed by atoms with Crippen molar-refractivity contribution in [3.05, 3.63) is 60.2 Å². The van der Waals surface area contributed by atoms with E-state index < -0.39 is 23.9 Å². The average Bonchev–Trinajstić information content (AvgIpc) is 2.85. The first-order valence-electron chi connectivity index (χ1n) is 10.5. The molecule has 2 aromatic rings. The number of rotatable bonds is 4. The highest BCUT2D eigenvalue weighted by Crippen LogP contribution is 2.17. The highest BCUT2D eigenvalue weighted by Gasteiger charge is 2.39. The highest BCUT2D eigenvalue weighted by molar-refractivity contribution is 5.99. The summed E-state index contributed by atoms with van der Waals surface area (Å²) in [7, 11) is 0. The number of nitrogens with zero attached hydrogens (tertiary/aromatic N) is 4. The van der Waals surface area contributed by atoms with E-state index in [0.29, 0.717) is 18.5 Å². The van der Waals surface area contributed by atoms with E-state index >= 15 is 0 Å². The summed E-state index contributed by atoms with van der Waals surface area (Å²) in [6, 6.07) is 7.18. The Hall–Kier alpha value is -3.82. The second-order valence-electron chi connectivity index (χ2n) is 7.75. The van der Waals surface area contributed by atoms with Crippen LogP contribution in [0.5, 0.6) is 0 Å². The highest BCUT2D eigenvalue weighted by atomic mass is 16.2. The van der Waals surface area contributed by atoms with Gasteiger partial charge in [0.15, 0.2) is 0 Å². The molecule has 0 radical (unpaired) electrons. The van der Waals surface area contributed by atoms with Crippen LogP contribution in [0.15, 0.2) is 49.1 Å². The quantitative estimate of drug-likeness (QED) is 0.686. The molecule has 1 aromatic heterocycles. The molecule has 4 rings (SSSR count). The summed E-state index contributed by atoms with van der Waals surface area (Å²) < 4.78 is 0. The maximum atomic E-state index is 13.2. The van der Waals surface area contributed by atoms with Crippen LogP contribution in [0.4, 0.5) is 0 Å². The topological polar surface area (TPSA) is 125 Å². The van der Waals surface area contributed by atoms with Crippen molar-refractivity contribution in [1.82, 2.24) is 30.4 Å². The molecule has 2 aliphatic rings. The zero-order valence-corrected chi connectivity index (χ0v) is 17.4. The van der Waals surface area contributed by atoms with Gasteiger partial charge in [-0.1, -0.05) is 18.2 Å². The fraction of sp³-hybridized carbons (Fsp3) is 0.364. The van der Waals surface area contributed by atoms with Gasteiger partial charge in [0.05, 0.1) is 12.1 Å². The van der Waals surface area contributed by atoms with Gasteiger partial charge in [0.2, 0.25) is 11.8 Å². The van der Waals surface area contributed by atoms with Gasteiger partial charge in [0, 0.05) is 37.6 Å². The summed E-state index contributed by atoms with van der Waals surface area (Å²) in [4.78, 5) is 62.1. The molecular formula is C22H24N6O4. The molecule has 0 saturated carbocycles. The summed E-state index contributed by atoms with van der Waals surface area (Å²) in [6.07, 6.45) is 5.38. The van der Waals surface area contributed by atoms with Crippen molar-refractivity contribution in [2.24, 2.45) is 0 Å². The first kappa shape index (κ1) is 21.4. The van der Waals surface area contributed by atoms with E-state index in [1.54, 1.807) is 29.2 Å². The van der Waals surface area contributed by atoms with Crippen molar-refractivity contribution in [3.63, 3.8) is 0 Å². The molecule has 0 unspecified atom stereocenters. The molecule has 10 nitrogen and oxygen atoms in total. The van der Waals surface area contributed by atoms with Crippen LogP contribution in [0.25, 0.3) is 0 Å². The molecular weight excluding hydrogens is 412 g/mol. The Labute approximate surface area is 185 Å². The number of carbonyl (C=O) groups excluding carboxylic acids is 4. The largest absolute Gasteiger partial charge is 0.354 e. The van der Waals surface area contributed by atoms with E-state index in [4.69, 9.17) is 0 Å². The first-order chi connectivity index (χ1) is 15.5. The third kappa shape index (κ3) is 4.58. The maximum absolute atomic E-state index is 13.2. The smallest absolute Gasteiger partial charge is 0.257 e. The molecule has 166 valence electrons. The van der Waals surface area contributed by atoms with E-state index in [0.717, 1.165) is 6.42 Å². The van der Waals surface area contributed by atoms with E-state index in [9.17, 15) is 19.2 Å². The predicted octanol–water partition coefficient (Wildman–Crippen LogP) is -0.162. The zero-order chi connectivity index (χ0) is 22.5. The molecule has 2 fully saturated rings. The number of benzene rings is 1. The van der Waals surface area contributed by atoms with Crippen molar-refractivity contribution in [2.75, 3.05) is 26.2 Å². The Morgan fingerprint density at radius 1 is 1.00 bits per heavy atom. The number of piperazine rings is 1. The lowest BCUT2D eigenvalue weighted by Gasteiger charge is -2.41. The predicted molar refractivity (Wildman–Crippen MR) is 113 cm³/mol. The number of hydrogen-bond acceptors (Lipinski definition) is 6. The molecule has 0 spiro atoms. The van der Waals surface area contributed by atoms with E-state index in [2.05, 4.69) is 20.6 Å². The fourth-order valence-electron chi connectivity index (χ4n) is 3.95. The molecule has 2 saturated heterocycles. The molecule has 4 amide bonds. The van der Waals surface area contributed by atoms with Crippen LogP contribution >= 0.6 is 0 Å². The van der Waals surface area contributed by atoms with Crippen LogP contribution in [0.1, 0.15) is 33.6 Å². The Balaban J connectivity index is 1.56. The summed E-state index contributed by atoms with van der Waals surface area (Å²) in [5.74, 6) is -1.32. The Bertz CT molecular complexity index is 1000. The van der Waals surface area contributed by atoms with Gasteiger partial charge in [0.25, 0.3) is 11.8 Å². The third-order valence-electron chi connectivity index (χ3n) is 5.66. The van der Waals surface area contributed by atoms with E-state index in [-0.39, 0.29) is 37.0 Å². The van der Waals surface area contributed by atoms with Crippen molar-refractivity contribution < 1.29 is 19.2 Å². The summed E-state index contributed by atoms with van der Waals surface area (Å²) >= 11 is 0. The minimum Gasteiger partial charge on any atom is -0.354 e. The van der Waals surface area contributed by atoms with Gasteiger partial charge in [-0.05, 0) is 25.0 Å². The summed E-state index contributed by atoms with van der Waals surface area (Å²) in [5.41, 5.74) is 0.762. The van der Waals surface area contributed by atoms with Crippen molar-refractivity contribution in [1.29, 1.82) is 0 Å². The van der Waals surface area contributed by atoms with Crippen LogP contribution in [0.2, 0.25) is 0 Å². The monoisotopic (exact) mass is 436 g/mol. The fourth-order valence-corrected chi connectivity index (χ4v) is 3.95. The van der Waals surface area contributed by atoms with Crippen LogP contribution in [-0.2, 0) is 9.59 Å². The number of amides is 4. The van der Waals surface area contributed by atoms with Crippen LogP contribution < -0.4 is 10.6 Å². The number of piperidine rings is 1. The van der Waals surface area contributed by atoms with Crippen molar-refractivity contribution in [3.8, 4) is 0 Å². The molecule has 10 heteroatoms. The molecule has 3 heterocycles. The van der Waals surface area contributed by atoms with Crippen molar-refractivity contribution in [2.45, 2.75) is 24.9 Å². The average molecular weight is 436 g/mol. The minimum absolute atomic E-state index is 0.0212. The van der Waals surface area contributed by atoms with Gasteiger partial charge < -0.3 is 20.4 Å². The Morgan fingerprint density at radius 2 is 1.75 bits per heavy atom. The van der Waals surface area contributed by atoms with E-state index in [1.165, 1.54) is 23.6 Å². The van der Waals surface area contributed by atoms with Crippen LogP contribution in [-0.4, -0.2) is 81.7 Å². The molecule has 2 atom stereocenters. The standard InChI is InChI=1S/C22H24N6O4/c29-19-17(7-4-8-25-19)26-20(30)18-13-27(21(31)15-5-2-1-3-6-15)9-10-28(18)22(32)16-11-23-14-24-12-16/h1-3,5-6,11-12,14,17-18H,4,7-10,13H2,(H,25,29)(H,26,30)/t17-,18+/m0/s1. The van der Waals surface area contributed by atoms with Gasteiger partial charge in [-0.25, -0.2) is 9.97 Å². The van der Waals surface area contributed by atoms with E-state index in [1.807, 2.05) is 6.07 Å². The van der Waals surface area contributed by atoms with Crippen molar-refractivity contribution >= 4 is 23.6 Å². The molecule has 1 aromatic carbocycles. The minimum atomic E-state index is -0.946. The van der Waals surface area contributed by atoms with Gasteiger partial charge in [-0.15, -0.1) is 0 Å². The third-order valence-corrected chi connectivity index (χ3v) is 5.66. The normalized spacial score (nSPS) is 20.9. The summed E-state index contributed by atoms with van der Waals surface area (Å²) in [6.45, 7) is 1.04. The molecule has 32 heavy (non-hydrogen) atoms. The van der Waals surface area contributed by atoms with Crippen LogP contribution in [0.3, 0.4) is 0 Å². The SMILES string of the molecule is O=C1NCCC[C@@H]1NC(=O)[C@H]1CN(C(=O)c2ccccc2)CCN1C(=O)c1cncnc1. The lowest BCUT2D eigenvalue weighted by atomic mass is 10.0. The van der Waals surface area contributed by atoms with Gasteiger partial charge >= 0.3 is 0 Å². The van der Waals surface area contributed by atoms with Gasteiger partial charge in [-0.2, -0.15) is 0 Å². The number of nitrogens with one attached hydrogen (secondary N) is 2. The molecule has 2 N–H and O–H groups in total. The second-order valence-corrected chi connectivity index (χ2v) is 7.75. The van der Waals surface area contributed by atoms with Crippen LogP contribution in [0, 0.1) is 0 Å². The van der Waals surface area contributed by atoms with Gasteiger partial charge in [-0.3, -0.25) is 19.2 Å². The lowest BCUT2D eigenvalue weighted by Crippen LogP contribution is -2.63. The Morgan fingerprint density at radius 3 is 2.47 bits per heavy atom. The Kier molecular flexibility index (Phi) is 6.39. The zero-order valence-electron chi connectivity index (χ0n) is 17.4. The molecule has 0 aliphatic carbocycles. The molecule has 2 aliphatic heterocycles. The maximum Gasteiger partial charge on any atom is 0.257 e. The number of aromatic nitrogens is 2. The first-order valence-corrected chi connectivity index (χ1v) is 10.5.